The lowest BCUT2D eigenvalue weighted by molar-refractivity contribution is -0.147. The van der Waals surface area contributed by atoms with Crippen LogP contribution in [0.15, 0.2) is 29.2 Å². The van der Waals surface area contributed by atoms with Crippen molar-refractivity contribution in [3.05, 3.63) is 29.8 Å². The second-order valence-corrected chi connectivity index (χ2v) is 5.95. The fourth-order valence-electron chi connectivity index (χ4n) is 2.59. The minimum atomic E-state index is -0.616. The minimum Gasteiger partial charge on any atom is -0.464 e. The third-order valence-corrected chi connectivity index (χ3v) is 4.49. The van der Waals surface area contributed by atoms with Gasteiger partial charge in [-0.25, -0.2) is 4.79 Å². The number of hydrogen-bond donors (Lipinski definition) is 1. The largest absolute Gasteiger partial charge is 0.464 e. The zero-order valence-electron chi connectivity index (χ0n) is 11.9. The van der Waals surface area contributed by atoms with Crippen molar-refractivity contribution < 1.29 is 14.3 Å². The van der Waals surface area contributed by atoms with Gasteiger partial charge in [-0.3, -0.25) is 4.79 Å². The van der Waals surface area contributed by atoms with Crippen molar-refractivity contribution in [2.75, 3.05) is 12.9 Å². The molecule has 108 valence electrons. The first kappa shape index (κ1) is 14.9. The summed E-state index contributed by atoms with van der Waals surface area (Å²) in [5, 5.41) is 2.74. The molecule has 0 aliphatic carbocycles. The first-order valence-corrected chi connectivity index (χ1v) is 7.84. The van der Waals surface area contributed by atoms with E-state index < -0.39 is 11.5 Å². The van der Waals surface area contributed by atoms with Gasteiger partial charge in [-0.15, -0.1) is 11.8 Å². The second-order valence-electron chi connectivity index (χ2n) is 5.08. The third-order valence-electron chi connectivity index (χ3n) is 3.74. The van der Waals surface area contributed by atoms with Gasteiger partial charge < -0.3 is 10.1 Å². The van der Waals surface area contributed by atoms with Crippen LogP contribution >= 0.6 is 11.8 Å². The molecule has 2 unspecified atom stereocenters. The summed E-state index contributed by atoms with van der Waals surface area (Å²) < 4.78 is 5.08. The summed E-state index contributed by atoms with van der Waals surface area (Å²) in [5.41, 5.74) is 0.423. The topological polar surface area (TPSA) is 55.4 Å². The molecule has 1 amide bonds. The first-order valence-electron chi connectivity index (χ1n) is 6.62. The Morgan fingerprint density at radius 2 is 2.10 bits per heavy atom. The van der Waals surface area contributed by atoms with Gasteiger partial charge >= 0.3 is 5.97 Å². The Morgan fingerprint density at radius 3 is 2.65 bits per heavy atom. The summed E-state index contributed by atoms with van der Waals surface area (Å²) >= 11 is 1.66. The molecule has 5 heteroatoms. The molecule has 1 aromatic rings. The zero-order valence-corrected chi connectivity index (χ0v) is 12.8. The van der Waals surface area contributed by atoms with Crippen molar-refractivity contribution in [1.82, 2.24) is 5.32 Å². The maximum Gasteiger partial charge on any atom is 0.329 e. The zero-order chi connectivity index (χ0) is 14.8. The molecule has 1 aromatic carbocycles. The average molecular weight is 293 g/mol. The SMILES string of the molecule is CCOC(=O)C1NC(=O)CC1(C)c1ccc(SC)cc1. The summed E-state index contributed by atoms with van der Waals surface area (Å²) in [6.07, 6.45) is 2.31. The van der Waals surface area contributed by atoms with Gasteiger partial charge in [-0.1, -0.05) is 19.1 Å². The van der Waals surface area contributed by atoms with Crippen molar-refractivity contribution in [1.29, 1.82) is 0 Å². The highest BCUT2D eigenvalue weighted by Crippen LogP contribution is 2.37. The average Bonchev–Trinajstić information content (AvgIpc) is 2.75. The molecule has 1 aliphatic rings. The fraction of sp³-hybridized carbons (Fsp3) is 0.467. The van der Waals surface area contributed by atoms with Crippen LogP contribution in [0.1, 0.15) is 25.8 Å². The van der Waals surface area contributed by atoms with Gasteiger partial charge in [0.2, 0.25) is 5.91 Å². The van der Waals surface area contributed by atoms with Crippen molar-refractivity contribution in [3.63, 3.8) is 0 Å². The molecule has 1 N–H and O–H groups in total. The van der Waals surface area contributed by atoms with Crippen LogP contribution in [-0.2, 0) is 19.7 Å². The standard InChI is InChI=1S/C15H19NO3S/c1-4-19-14(18)13-15(2,9-12(17)16-13)10-5-7-11(20-3)8-6-10/h5-8,13H,4,9H2,1-3H3,(H,16,17). The van der Waals surface area contributed by atoms with Crippen molar-refractivity contribution in [2.24, 2.45) is 0 Å². The van der Waals surface area contributed by atoms with Crippen LogP contribution in [-0.4, -0.2) is 30.8 Å². The van der Waals surface area contributed by atoms with E-state index in [1.165, 1.54) is 0 Å². The minimum absolute atomic E-state index is 0.112. The monoisotopic (exact) mass is 293 g/mol. The van der Waals surface area contributed by atoms with Crippen molar-refractivity contribution in [3.8, 4) is 0 Å². The number of carbonyl (C=O) groups excluding carboxylic acids is 2. The predicted octanol–water partition coefficient (Wildman–Crippen LogP) is 2.12. The predicted molar refractivity (Wildman–Crippen MR) is 78.8 cm³/mol. The van der Waals surface area contributed by atoms with Crippen LogP contribution in [0.25, 0.3) is 0 Å². The summed E-state index contributed by atoms with van der Waals surface area (Å²) in [6, 6.07) is 7.37. The molecule has 1 saturated heterocycles. The normalized spacial score (nSPS) is 25.4. The smallest absolute Gasteiger partial charge is 0.329 e. The number of thioether (sulfide) groups is 1. The molecular weight excluding hydrogens is 274 g/mol. The van der Waals surface area contributed by atoms with Gasteiger partial charge in [0.25, 0.3) is 0 Å². The molecule has 0 saturated carbocycles. The lowest BCUT2D eigenvalue weighted by Gasteiger charge is -2.29. The quantitative estimate of drug-likeness (QED) is 0.682. The number of rotatable bonds is 4. The van der Waals surface area contributed by atoms with E-state index in [0.29, 0.717) is 13.0 Å². The Hall–Kier alpha value is -1.49. The number of hydrogen-bond acceptors (Lipinski definition) is 4. The van der Waals surface area contributed by atoms with Gasteiger partial charge in [0.05, 0.1) is 6.61 Å². The first-order chi connectivity index (χ1) is 9.51. The lowest BCUT2D eigenvalue weighted by atomic mass is 9.76. The summed E-state index contributed by atoms with van der Waals surface area (Å²) in [5.74, 6) is -0.478. The number of carbonyl (C=O) groups is 2. The van der Waals surface area contributed by atoms with Crippen LogP contribution in [0, 0.1) is 0 Å². The number of benzene rings is 1. The Labute approximate surface area is 123 Å². The molecule has 2 atom stereocenters. The van der Waals surface area contributed by atoms with Crippen LogP contribution < -0.4 is 5.32 Å². The molecule has 0 aromatic heterocycles. The Balaban J connectivity index is 2.33. The van der Waals surface area contributed by atoms with E-state index in [4.69, 9.17) is 4.74 Å². The Morgan fingerprint density at radius 1 is 1.45 bits per heavy atom. The van der Waals surface area contributed by atoms with E-state index in [-0.39, 0.29) is 11.9 Å². The highest BCUT2D eigenvalue weighted by atomic mass is 32.2. The number of amides is 1. The van der Waals surface area contributed by atoms with E-state index >= 15 is 0 Å². The Kier molecular flexibility index (Phi) is 4.38. The maximum absolute atomic E-state index is 12.1. The van der Waals surface area contributed by atoms with E-state index in [1.54, 1.807) is 18.7 Å². The van der Waals surface area contributed by atoms with E-state index in [1.807, 2.05) is 37.4 Å². The lowest BCUT2D eigenvalue weighted by Crippen LogP contribution is -2.45. The molecule has 0 radical (unpaired) electrons. The van der Waals surface area contributed by atoms with Crippen molar-refractivity contribution in [2.45, 2.75) is 36.6 Å². The Bertz CT molecular complexity index is 514. The van der Waals surface area contributed by atoms with Crippen LogP contribution in [0.3, 0.4) is 0 Å². The van der Waals surface area contributed by atoms with E-state index in [9.17, 15) is 9.59 Å². The molecular formula is C15H19NO3S. The molecule has 20 heavy (non-hydrogen) atoms. The van der Waals surface area contributed by atoms with Crippen molar-refractivity contribution >= 4 is 23.6 Å². The molecule has 1 heterocycles. The highest BCUT2D eigenvalue weighted by molar-refractivity contribution is 7.98. The summed E-state index contributed by atoms with van der Waals surface area (Å²) in [4.78, 5) is 25.0. The number of ether oxygens (including phenoxy) is 1. The fourth-order valence-corrected chi connectivity index (χ4v) is 3.00. The van der Waals surface area contributed by atoms with Crippen LogP contribution in [0.5, 0.6) is 0 Å². The third kappa shape index (κ3) is 2.68. The summed E-state index contributed by atoms with van der Waals surface area (Å²) in [7, 11) is 0. The van der Waals surface area contributed by atoms with Gasteiger partial charge in [0.1, 0.15) is 6.04 Å². The molecule has 4 nitrogen and oxygen atoms in total. The molecule has 0 bridgehead atoms. The number of esters is 1. The van der Waals surface area contributed by atoms with Crippen LogP contribution in [0.4, 0.5) is 0 Å². The second kappa shape index (κ2) is 5.87. The molecule has 0 spiro atoms. The highest BCUT2D eigenvalue weighted by Gasteiger charge is 2.49. The van der Waals surface area contributed by atoms with Gasteiger partial charge in [0.15, 0.2) is 0 Å². The van der Waals surface area contributed by atoms with E-state index in [0.717, 1.165) is 10.5 Å². The van der Waals surface area contributed by atoms with Gasteiger partial charge in [-0.05, 0) is 30.9 Å². The molecule has 1 fully saturated rings. The molecule has 2 rings (SSSR count). The summed E-state index contributed by atoms with van der Waals surface area (Å²) in [6.45, 7) is 4.01. The van der Waals surface area contributed by atoms with Gasteiger partial charge in [-0.2, -0.15) is 0 Å². The number of nitrogens with one attached hydrogen (secondary N) is 1. The maximum atomic E-state index is 12.1. The van der Waals surface area contributed by atoms with E-state index in [2.05, 4.69) is 5.32 Å². The van der Waals surface area contributed by atoms with Gasteiger partial charge in [0, 0.05) is 16.7 Å². The molecule has 1 aliphatic heterocycles. The van der Waals surface area contributed by atoms with Crippen LogP contribution in [0.2, 0.25) is 0 Å².